The number of anilines is 1. The van der Waals surface area contributed by atoms with Crippen molar-refractivity contribution >= 4 is 33.4 Å². The van der Waals surface area contributed by atoms with Gasteiger partial charge in [-0.1, -0.05) is 34.1 Å². The van der Waals surface area contributed by atoms with E-state index in [4.69, 9.17) is 5.73 Å². The first-order chi connectivity index (χ1) is 9.58. The number of para-hydroxylation sites is 1. The van der Waals surface area contributed by atoms with Gasteiger partial charge in [0, 0.05) is 10.2 Å². The summed E-state index contributed by atoms with van der Waals surface area (Å²) < 4.78 is 0.776. The molecule has 20 heavy (non-hydrogen) atoms. The van der Waals surface area contributed by atoms with E-state index < -0.39 is 0 Å². The van der Waals surface area contributed by atoms with Gasteiger partial charge in [-0.25, -0.2) is 0 Å². The van der Waals surface area contributed by atoms with Gasteiger partial charge in [-0.2, -0.15) is 0 Å². The van der Waals surface area contributed by atoms with E-state index in [9.17, 15) is 9.59 Å². The van der Waals surface area contributed by atoms with E-state index in [-0.39, 0.29) is 18.4 Å². The maximum atomic E-state index is 12.3. The number of fused-ring (bicyclic) bond motifs is 1. The van der Waals surface area contributed by atoms with Crippen LogP contribution in [0, 0.1) is 0 Å². The summed E-state index contributed by atoms with van der Waals surface area (Å²) in [5, 5.41) is 0. The molecule has 0 unspecified atom stereocenters. The van der Waals surface area contributed by atoms with Crippen LogP contribution < -0.4 is 5.73 Å². The van der Waals surface area contributed by atoms with Crippen LogP contribution in [0.25, 0.3) is 0 Å². The Bertz CT molecular complexity index is 728. The van der Waals surface area contributed by atoms with Crippen molar-refractivity contribution < 1.29 is 9.59 Å². The second-order valence-corrected chi connectivity index (χ2v) is 5.50. The number of carbonyl (C=O) groups excluding carboxylic acids is 2. The Morgan fingerprint density at radius 1 is 1.00 bits per heavy atom. The Labute approximate surface area is 124 Å². The Morgan fingerprint density at radius 2 is 1.70 bits per heavy atom. The van der Waals surface area contributed by atoms with Crippen molar-refractivity contribution in [2.75, 3.05) is 5.73 Å². The topological polar surface area (TPSA) is 63.4 Å². The lowest BCUT2D eigenvalue weighted by molar-refractivity contribution is 0.0642. The first kappa shape index (κ1) is 12.9. The molecule has 0 spiro atoms. The van der Waals surface area contributed by atoms with E-state index in [1.165, 1.54) is 4.90 Å². The van der Waals surface area contributed by atoms with Crippen molar-refractivity contribution in [1.29, 1.82) is 0 Å². The lowest BCUT2D eigenvalue weighted by Crippen LogP contribution is -2.29. The number of halogens is 1. The number of hydrogen-bond acceptors (Lipinski definition) is 3. The third-order valence-corrected chi connectivity index (χ3v) is 3.81. The van der Waals surface area contributed by atoms with Crippen molar-refractivity contribution in [3.63, 3.8) is 0 Å². The van der Waals surface area contributed by atoms with Crippen LogP contribution in [0.15, 0.2) is 46.9 Å². The summed E-state index contributed by atoms with van der Waals surface area (Å²) in [6.07, 6.45) is 0. The number of nitrogens with zero attached hydrogens (tertiary/aromatic N) is 1. The van der Waals surface area contributed by atoms with Crippen LogP contribution in [-0.2, 0) is 6.54 Å². The van der Waals surface area contributed by atoms with Crippen LogP contribution in [0.4, 0.5) is 5.69 Å². The highest BCUT2D eigenvalue weighted by Crippen LogP contribution is 2.28. The van der Waals surface area contributed by atoms with Crippen LogP contribution in [0.3, 0.4) is 0 Å². The molecule has 0 fully saturated rings. The number of rotatable bonds is 2. The molecule has 2 amide bonds. The highest BCUT2D eigenvalue weighted by molar-refractivity contribution is 9.10. The van der Waals surface area contributed by atoms with Crippen LogP contribution in [0.5, 0.6) is 0 Å². The van der Waals surface area contributed by atoms with Gasteiger partial charge in [0.1, 0.15) is 0 Å². The van der Waals surface area contributed by atoms with Gasteiger partial charge < -0.3 is 5.73 Å². The molecular formula is C15H11BrN2O2. The molecule has 0 atom stereocenters. The lowest BCUT2D eigenvalue weighted by atomic mass is 10.1. The van der Waals surface area contributed by atoms with Crippen molar-refractivity contribution in [1.82, 2.24) is 4.90 Å². The van der Waals surface area contributed by atoms with Crippen molar-refractivity contribution in [3.05, 3.63) is 63.6 Å². The van der Waals surface area contributed by atoms with Crippen LogP contribution >= 0.6 is 15.9 Å². The monoisotopic (exact) mass is 330 g/mol. The molecule has 100 valence electrons. The molecule has 0 aliphatic carbocycles. The number of hydrogen-bond donors (Lipinski definition) is 1. The minimum absolute atomic E-state index is 0.191. The highest BCUT2D eigenvalue weighted by atomic mass is 79.9. The fourth-order valence-electron chi connectivity index (χ4n) is 2.26. The lowest BCUT2D eigenvalue weighted by Gasteiger charge is -2.15. The second kappa shape index (κ2) is 4.76. The summed E-state index contributed by atoms with van der Waals surface area (Å²) in [4.78, 5) is 25.8. The molecule has 1 aliphatic heterocycles. The van der Waals surface area contributed by atoms with E-state index in [1.54, 1.807) is 24.3 Å². The number of imide groups is 1. The molecule has 1 heterocycles. The first-order valence-corrected chi connectivity index (χ1v) is 6.86. The average Bonchev–Trinajstić information content (AvgIpc) is 2.66. The number of carbonyl (C=O) groups is 2. The average molecular weight is 331 g/mol. The number of amides is 2. The van der Waals surface area contributed by atoms with E-state index in [0.717, 1.165) is 10.0 Å². The van der Waals surface area contributed by atoms with Crippen molar-refractivity contribution in [2.45, 2.75) is 6.54 Å². The van der Waals surface area contributed by atoms with Gasteiger partial charge in [0.2, 0.25) is 0 Å². The molecule has 4 nitrogen and oxygen atoms in total. The molecule has 2 aromatic carbocycles. The Balaban J connectivity index is 1.96. The summed E-state index contributed by atoms with van der Waals surface area (Å²) in [6.45, 7) is 0.191. The minimum atomic E-state index is -0.283. The van der Waals surface area contributed by atoms with E-state index in [0.29, 0.717) is 16.8 Å². The largest absolute Gasteiger partial charge is 0.398 e. The second-order valence-electron chi connectivity index (χ2n) is 4.59. The molecule has 2 N–H and O–H groups in total. The minimum Gasteiger partial charge on any atom is -0.398 e. The molecule has 0 radical (unpaired) electrons. The molecule has 0 saturated carbocycles. The van der Waals surface area contributed by atoms with E-state index >= 15 is 0 Å². The maximum Gasteiger partial charge on any atom is 0.261 e. The fraction of sp³-hybridized carbons (Fsp3) is 0.0667. The molecule has 5 heteroatoms. The van der Waals surface area contributed by atoms with Crippen LogP contribution in [0.1, 0.15) is 26.3 Å². The highest BCUT2D eigenvalue weighted by Gasteiger charge is 2.35. The SMILES string of the molecule is Nc1ccccc1CN1C(=O)c2ccc(Br)cc2C1=O. The summed E-state index contributed by atoms with van der Waals surface area (Å²) in [7, 11) is 0. The first-order valence-electron chi connectivity index (χ1n) is 6.07. The fourth-order valence-corrected chi connectivity index (χ4v) is 2.62. The normalized spacial score (nSPS) is 13.8. The van der Waals surface area contributed by atoms with Crippen LogP contribution in [0.2, 0.25) is 0 Å². The van der Waals surface area contributed by atoms with Crippen LogP contribution in [-0.4, -0.2) is 16.7 Å². The van der Waals surface area contributed by atoms with Gasteiger partial charge >= 0.3 is 0 Å². The van der Waals surface area contributed by atoms with Gasteiger partial charge in [-0.3, -0.25) is 14.5 Å². The van der Waals surface area contributed by atoms with Gasteiger partial charge in [0.05, 0.1) is 17.7 Å². The third-order valence-electron chi connectivity index (χ3n) is 3.32. The zero-order chi connectivity index (χ0) is 14.3. The molecular weight excluding hydrogens is 320 g/mol. The zero-order valence-electron chi connectivity index (χ0n) is 10.5. The van der Waals surface area contributed by atoms with E-state index in [1.807, 2.05) is 18.2 Å². The van der Waals surface area contributed by atoms with Gasteiger partial charge in [-0.05, 0) is 29.8 Å². The quantitative estimate of drug-likeness (QED) is 0.680. The zero-order valence-corrected chi connectivity index (χ0v) is 12.1. The van der Waals surface area contributed by atoms with Gasteiger partial charge in [0.25, 0.3) is 11.8 Å². The maximum absolute atomic E-state index is 12.3. The van der Waals surface area contributed by atoms with Crippen molar-refractivity contribution in [3.8, 4) is 0 Å². The van der Waals surface area contributed by atoms with Crippen molar-refractivity contribution in [2.24, 2.45) is 0 Å². The van der Waals surface area contributed by atoms with Gasteiger partial charge in [0.15, 0.2) is 0 Å². The molecule has 0 bridgehead atoms. The number of nitrogens with two attached hydrogens (primary N) is 1. The number of benzene rings is 2. The summed E-state index contributed by atoms with van der Waals surface area (Å²) in [5.74, 6) is -0.560. The Kier molecular flexibility index (Phi) is 3.06. The predicted molar refractivity (Wildman–Crippen MR) is 79.2 cm³/mol. The summed E-state index contributed by atoms with van der Waals surface area (Å²) in [6, 6.07) is 12.3. The van der Waals surface area contributed by atoms with Gasteiger partial charge in [-0.15, -0.1) is 0 Å². The summed E-state index contributed by atoms with van der Waals surface area (Å²) in [5.41, 5.74) is 8.07. The molecule has 0 saturated heterocycles. The third kappa shape index (κ3) is 2.00. The molecule has 0 aromatic heterocycles. The number of nitrogen functional groups attached to an aromatic ring is 1. The molecule has 2 aromatic rings. The Morgan fingerprint density at radius 3 is 2.45 bits per heavy atom. The standard InChI is InChI=1S/C15H11BrN2O2/c16-10-5-6-11-12(7-10)15(20)18(14(11)19)8-9-3-1-2-4-13(9)17/h1-7H,8,17H2. The molecule has 1 aliphatic rings. The molecule has 3 rings (SSSR count). The Hall–Kier alpha value is -2.14. The summed E-state index contributed by atoms with van der Waals surface area (Å²) >= 11 is 3.31. The van der Waals surface area contributed by atoms with E-state index in [2.05, 4.69) is 15.9 Å². The predicted octanol–water partition coefficient (Wildman–Crippen LogP) is 2.83. The smallest absolute Gasteiger partial charge is 0.261 e.